The molecule has 1 amide bonds. The second-order valence-electron chi connectivity index (χ2n) is 9.99. The zero-order valence-corrected chi connectivity index (χ0v) is 24.5. The number of carbonyl (C=O) groups is 4. The van der Waals surface area contributed by atoms with Crippen LogP contribution in [0.2, 0.25) is 0 Å². The summed E-state index contributed by atoms with van der Waals surface area (Å²) >= 11 is 1.04. The molecule has 4 rings (SSSR count). The van der Waals surface area contributed by atoms with Crippen LogP contribution in [0.3, 0.4) is 0 Å². The van der Waals surface area contributed by atoms with E-state index in [2.05, 4.69) is 10.3 Å². The maximum Gasteiger partial charge on any atom is 0.339 e. The molecule has 0 aromatic heterocycles. The average Bonchev–Trinajstić information content (AvgIpc) is 3.33. The van der Waals surface area contributed by atoms with Gasteiger partial charge >= 0.3 is 17.9 Å². The Morgan fingerprint density at radius 1 is 1.02 bits per heavy atom. The zero-order valence-electron chi connectivity index (χ0n) is 23.7. The van der Waals surface area contributed by atoms with Crippen molar-refractivity contribution >= 4 is 58.2 Å². The molecule has 44 heavy (non-hydrogen) atoms. The number of anilines is 1. The highest BCUT2D eigenvalue weighted by atomic mass is 32.2. The summed E-state index contributed by atoms with van der Waals surface area (Å²) in [5.41, 5.74) is 8.62. The number of benzene rings is 3. The molecule has 1 aliphatic rings. The monoisotopic (exact) mass is 619 g/mol. The quantitative estimate of drug-likeness (QED) is 0.0828. The summed E-state index contributed by atoms with van der Waals surface area (Å²) in [6.07, 6.45) is 3.58. The van der Waals surface area contributed by atoms with Gasteiger partial charge in [0, 0.05) is 17.7 Å². The van der Waals surface area contributed by atoms with E-state index < -0.39 is 35.6 Å². The van der Waals surface area contributed by atoms with E-state index in [1.54, 1.807) is 42.5 Å². The number of carboxylic acid groups (broad SMARTS) is 2. The fraction of sp³-hybridized carbons (Fsp3) is 0.219. The van der Waals surface area contributed by atoms with Gasteiger partial charge in [0.15, 0.2) is 5.17 Å². The van der Waals surface area contributed by atoms with Crippen LogP contribution in [0.5, 0.6) is 0 Å². The van der Waals surface area contributed by atoms with E-state index in [1.807, 2.05) is 0 Å². The number of aliphatic imine (C=N–C) groups is 1. The smallest absolute Gasteiger partial charge is 0.339 e. The van der Waals surface area contributed by atoms with Crippen LogP contribution in [0.4, 0.5) is 15.8 Å². The van der Waals surface area contributed by atoms with Gasteiger partial charge in [-0.05, 0) is 77.7 Å². The number of nitrogen functional groups attached to an aromatic ring is 1. The van der Waals surface area contributed by atoms with Gasteiger partial charge in [-0.15, -0.1) is 0 Å². The van der Waals surface area contributed by atoms with Crippen LogP contribution < -0.4 is 11.1 Å². The summed E-state index contributed by atoms with van der Waals surface area (Å²) < 4.78 is 19.8. The molecule has 0 aliphatic carbocycles. The van der Waals surface area contributed by atoms with Crippen molar-refractivity contribution in [2.24, 2.45) is 4.99 Å². The lowest BCUT2D eigenvalue weighted by atomic mass is 9.93. The van der Waals surface area contributed by atoms with Crippen molar-refractivity contribution in [1.82, 2.24) is 5.32 Å². The number of carbonyl (C=O) groups excluding carboxylic acids is 2. The highest BCUT2D eigenvalue weighted by molar-refractivity contribution is 8.18. The first-order chi connectivity index (χ1) is 21.0. The number of methoxy groups -OCH3 is 1. The maximum absolute atomic E-state index is 15.1. The number of nitrogens with two attached hydrogens (primary N) is 1. The Hall–Kier alpha value is -4.97. The van der Waals surface area contributed by atoms with E-state index in [1.165, 1.54) is 31.4 Å². The molecular weight excluding hydrogens is 589 g/mol. The van der Waals surface area contributed by atoms with E-state index in [0.29, 0.717) is 48.1 Å². The summed E-state index contributed by atoms with van der Waals surface area (Å²) in [5, 5.41) is 21.3. The molecule has 1 unspecified atom stereocenters. The second-order valence-corrected chi connectivity index (χ2v) is 11.0. The van der Waals surface area contributed by atoms with Gasteiger partial charge in [-0.25, -0.2) is 14.2 Å². The Labute approximate surface area is 256 Å². The van der Waals surface area contributed by atoms with E-state index >= 15 is 4.39 Å². The van der Waals surface area contributed by atoms with Crippen LogP contribution in [0.25, 0.3) is 17.2 Å². The lowest BCUT2D eigenvalue weighted by molar-refractivity contribution is -0.139. The number of nitrogens with zero attached hydrogens (tertiary/aromatic N) is 1. The summed E-state index contributed by atoms with van der Waals surface area (Å²) in [5.74, 6) is -4.18. The highest BCUT2D eigenvalue weighted by Gasteiger charge is 2.25. The fourth-order valence-electron chi connectivity index (χ4n) is 4.60. The Bertz CT molecular complexity index is 1650. The van der Waals surface area contributed by atoms with Crippen molar-refractivity contribution in [2.75, 3.05) is 12.8 Å². The molecule has 5 N–H and O–H groups in total. The van der Waals surface area contributed by atoms with Gasteiger partial charge in [0.1, 0.15) is 5.82 Å². The summed E-state index contributed by atoms with van der Waals surface area (Å²) in [4.78, 5) is 51.7. The van der Waals surface area contributed by atoms with E-state index in [9.17, 15) is 24.3 Å². The minimum Gasteiger partial charge on any atom is -0.481 e. The molecule has 1 fully saturated rings. The van der Waals surface area contributed by atoms with Gasteiger partial charge < -0.3 is 26.0 Å². The SMILES string of the molecule is COC(=O)c1cc(-c2ccc(C=C3SC(=Nc4ccc(C(CCCCCC(=O)O)C(=O)O)cc4)NC3=O)c(F)c2)ccc1N. The van der Waals surface area contributed by atoms with Crippen LogP contribution >= 0.6 is 11.8 Å². The van der Waals surface area contributed by atoms with Crippen molar-refractivity contribution < 1.29 is 38.5 Å². The third-order valence-electron chi connectivity index (χ3n) is 6.94. The minimum atomic E-state index is -0.963. The van der Waals surface area contributed by atoms with Gasteiger partial charge in [0.25, 0.3) is 5.91 Å². The van der Waals surface area contributed by atoms with Crippen LogP contribution in [0.1, 0.15) is 59.5 Å². The van der Waals surface area contributed by atoms with E-state index in [0.717, 1.165) is 11.8 Å². The first-order valence-corrected chi connectivity index (χ1v) is 14.5. The number of rotatable bonds is 12. The number of ether oxygens (including phenoxy) is 1. The van der Waals surface area contributed by atoms with Gasteiger partial charge in [-0.2, -0.15) is 0 Å². The molecule has 1 saturated heterocycles. The Balaban J connectivity index is 1.44. The molecule has 10 nitrogen and oxygen atoms in total. The van der Waals surface area contributed by atoms with Crippen molar-refractivity contribution in [2.45, 2.75) is 38.0 Å². The Kier molecular flexibility index (Phi) is 10.5. The van der Waals surface area contributed by atoms with E-state index in [4.69, 9.17) is 15.6 Å². The number of amidine groups is 1. The number of nitrogens with one attached hydrogen (secondary N) is 1. The number of aliphatic carboxylic acids is 2. The van der Waals surface area contributed by atoms with Crippen LogP contribution in [0, 0.1) is 5.82 Å². The lowest BCUT2D eigenvalue weighted by Gasteiger charge is -2.12. The zero-order chi connectivity index (χ0) is 31.8. The standard InChI is InChI=1S/C32H30FN3O7S/c1-43-31(42)24-15-19(11-14-26(24)34)20-7-8-21(25(33)16-20)17-27-29(39)36-32(44-27)35-22-12-9-18(10-13-22)23(30(40)41)5-3-2-4-6-28(37)38/h7-17,23H,2-6,34H2,1H3,(H,37,38)(H,40,41)(H,35,36,39). The van der Waals surface area contributed by atoms with E-state index in [-0.39, 0.29) is 33.3 Å². The molecule has 0 radical (unpaired) electrons. The number of amides is 1. The van der Waals surface area contributed by atoms with Crippen molar-refractivity contribution in [3.05, 3.63) is 88.1 Å². The average molecular weight is 620 g/mol. The second kappa shape index (κ2) is 14.5. The number of hydrogen-bond acceptors (Lipinski definition) is 8. The molecule has 1 aliphatic heterocycles. The maximum atomic E-state index is 15.1. The number of halogens is 1. The van der Waals surface area contributed by atoms with Crippen molar-refractivity contribution in [3.8, 4) is 11.1 Å². The van der Waals surface area contributed by atoms with Crippen LogP contribution in [0.15, 0.2) is 70.6 Å². The van der Waals surface area contributed by atoms with Gasteiger partial charge in [-0.3, -0.25) is 14.4 Å². The number of unbranched alkanes of at least 4 members (excludes halogenated alkanes) is 2. The molecule has 0 spiro atoms. The third-order valence-corrected chi connectivity index (χ3v) is 7.85. The third kappa shape index (κ3) is 8.10. The molecule has 228 valence electrons. The topological polar surface area (TPSA) is 168 Å². The van der Waals surface area contributed by atoms with Crippen LogP contribution in [-0.4, -0.2) is 46.3 Å². The Morgan fingerprint density at radius 2 is 1.73 bits per heavy atom. The lowest BCUT2D eigenvalue weighted by Crippen LogP contribution is -2.19. The molecule has 0 saturated carbocycles. The first-order valence-electron chi connectivity index (χ1n) is 13.7. The first kappa shape index (κ1) is 32.0. The largest absolute Gasteiger partial charge is 0.481 e. The molecule has 0 bridgehead atoms. The predicted octanol–water partition coefficient (Wildman–Crippen LogP) is 5.96. The number of hydrogen-bond donors (Lipinski definition) is 4. The fourth-order valence-corrected chi connectivity index (χ4v) is 5.43. The predicted molar refractivity (Wildman–Crippen MR) is 166 cm³/mol. The van der Waals surface area contributed by atoms with Crippen molar-refractivity contribution in [3.63, 3.8) is 0 Å². The number of thioether (sulfide) groups is 1. The molecular formula is C32H30FN3O7S. The van der Waals surface area contributed by atoms with Gasteiger partial charge in [0.2, 0.25) is 0 Å². The Morgan fingerprint density at radius 3 is 2.39 bits per heavy atom. The highest BCUT2D eigenvalue weighted by Crippen LogP contribution is 2.32. The van der Waals surface area contributed by atoms with Gasteiger partial charge in [0.05, 0.1) is 29.2 Å². The normalized spacial score (nSPS) is 15.3. The van der Waals surface area contributed by atoms with Crippen LogP contribution in [-0.2, 0) is 19.1 Å². The molecule has 1 heterocycles. The molecule has 1 atom stereocenters. The van der Waals surface area contributed by atoms with Crippen molar-refractivity contribution in [1.29, 1.82) is 0 Å². The minimum absolute atomic E-state index is 0.0599. The summed E-state index contributed by atoms with van der Waals surface area (Å²) in [6, 6.07) is 15.9. The number of esters is 1. The summed E-state index contributed by atoms with van der Waals surface area (Å²) in [7, 11) is 1.25. The molecule has 12 heteroatoms. The van der Waals surface area contributed by atoms with Gasteiger partial charge in [-0.1, -0.05) is 43.2 Å². The summed E-state index contributed by atoms with van der Waals surface area (Å²) in [6.45, 7) is 0. The number of carboxylic acids is 2. The molecule has 3 aromatic rings. The molecule has 3 aromatic carbocycles.